The highest BCUT2D eigenvalue weighted by atomic mass is 31.1. The molecule has 0 fully saturated rings. The van der Waals surface area contributed by atoms with E-state index in [1.54, 1.807) is 0 Å². The maximum atomic E-state index is 5.44. The largest absolute Gasteiger partial charge is 0.341 e. The third-order valence-corrected chi connectivity index (χ3v) is 8.95. The average Bonchev–Trinajstić information content (AvgIpc) is 2.88. The van der Waals surface area contributed by atoms with Crippen molar-refractivity contribution in [2.75, 3.05) is 0 Å². The Labute approximate surface area is 218 Å². The molecule has 0 aliphatic rings. The molecule has 0 aromatic heterocycles. The predicted octanol–water partition coefficient (Wildman–Crippen LogP) is 8.27. The minimum absolute atomic E-state index is 0.383. The van der Waals surface area contributed by atoms with Gasteiger partial charge in [-0.1, -0.05) is 125 Å². The van der Waals surface area contributed by atoms with Crippen LogP contribution in [0, 0.1) is 13.8 Å². The summed E-state index contributed by atoms with van der Waals surface area (Å²) in [5.41, 5.74) is 7.34. The number of aryl methyl sites for hydroxylation is 2. The molecule has 0 amide bonds. The lowest BCUT2D eigenvalue weighted by molar-refractivity contribution is 0.834. The van der Waals surface area contributed by atoms with Crippen LogP contribution in [0.1, 0.15) is 67.3 Å². The van der Waals surface area contributed by atoms with Gasteiger partial charge in [-0.15, -0.1) is 0 Å². The van der Waals surface area contributed by atoms with E-state index in [9.17, 15) is 0 Å². The molecule has 0 aliphatic heterocycles. The number of aliphatic imine (C=N–C) groups is 1. The molecule has 0 saturated heterocycles. The molecule has 0 radical (unpaired) electrons. The number of nitrogens with zero attached hydrogens (tertiary/aromatic N) is 1. The number of rotatable bonds is 7. The first-order valence-electron chi connectivity index (χ1n) is 12.8. The molecule has 4 rings (SSSR count). The fraction of sp³-hybridized carbons (Fsp3) is 0.242. The standard InChI is InChI=1S/C33H37N2P/c1-23(2)28-19-14-20-29(24(3)4)32(28)34-33(27-17-8-7-9-18-27)35-36(30-21-12-10-15-25(30)5)31-22-13-11-16-26(31)6/h7-24H,1-6H3,(H,34,35). The topological polar surface area (TPSA) is 24.4 Å². The van der Waals surface area contributed by atoms with Crippen LogP contribution in [-0.2, 0) is 0 Å². The SMILES string of the molecule is Cc1ccccc1P(NC(=Nc1c(C(C)C)cccc1C(C)C)c1ccccc1)c1ccccc1C. The molecule has 0 heterocycles. The van der Waals surface area contributed by atoms with Crippen molar-refractivity contribution in [1.82, 2.24) is 5.09 Å². The third kappa shape index (κ3) is 5.77. The minimum Gasteiger partial charge on any atom is -0.341 e. The number of hydrogen-bond acceptors (Lipinski definition) is 1. The van der Waals surface area contributed by atoms with Gasteiger partial charge >= 0.3 is 0 Å². The average molecular weight is 493 g/mol. The van der Waals surface area contributed by atoms with Crippen LogP contribution in [-0.4, -0.2) is 5.84 Å². The summed E-state index contributed by atoms with van der Waals surface area (Å²) < 4.78 is 0. The summed E-state index contributed by atoms with van der Waals surface area (Å²) in [5, 5.41) is 6.63. The highest BCUT2D eigenvalue weighted by Gasteiger charge is 2.22. The summed E-state index contributed by atoms with van der Waals surface area (Å²) in [5.74, 6) is 1.69. The van der Waals surface area contributed by atoms with Crippen LogP contribution in [0.4, 0.5) is 5.69 Å². The molecule has 3 heteroatoms. The van der Waals surface area contributed by atoms with Gasteiger partial charge in [0.2, 0.25) is 0 Å². The number of hydrogen-bond donors (Lipinski definition) is 1. The van der Waals surface area contributed by atoms with Gasteiger partial charge in [-0.2, -0.15) is 0 Å². The molecule has 36 heavy (non-hydrogen) atoms. The molecule has 1 N–H and O–H groups in total. The number of nitrogens with one attached hydrogen (secondary N) is 1. The zero-order valence-electron chi connectivity index (χ0n) is 22.3. The van der Waals surface area contributed by atoms with Crippen LogP contribution in [0.5, 0.6) is 0 Å². The Balaban J connectivity index is 1.95. The Kier molecular flexibility index (Phi) is 8.39. The summed E-state index contributed by atoms with van der Waals surface area (Å²) >= 11 is 0. The van der Waals surface area contributed by atoms with Crippen LogP contribution in [0.2, 0.25) is 0 Å². The van der Waals surface area contributed by atoms with Crippen LogP contribution >= 0.6 is 8.07 Å². The zero-order chi connectivity index (χ0) is 25.7. The summed E-state index contributed by atoms with van der Waals surface area (Å²) in [6.07, 6.45) is 0. The second-order valence-electron chi connectivity index (χ2n) is 9.94. The van der Waals surface area contributed by atoms with Crippen LogP contribution in [0.15, 0.2) is 102 Å². The van der Waals surface area contributed by atoms with Gasteiger partial charge in [0.05, 0.1) is 13.8 Å². The summed E-state index contributed by atoms with van der Waals surface area (Å²) in [6.45, 7) is 13.4. The molecular weight excluding hydrogens is 455 g/mol. The van der Waals surface area contributed by atoms with Gasteiger partial charge < -0.3 is 5.09 Å². The van der Waals surface area contributed by atoms with Crippen molar-refractivity contribution in [1.29, 1.82) is 0 Å². The van der Waals surface area contributed by atoms with Gasteiger partial charge in [0.1, 0.15) is 5.84 Å². The van der Waals surface area contributed by atoms with Gasteiger partial charge in [0.25, 0.3) is 0 Å². The molecule has 0 bridgehead atoms. The maximum Gasteiger partial charge on any atom is 0.137 e. The molecular formula is C33H37N2P. The second-order valence-corrected chi connectivity index (χ2v) is 11.8. The van der Waals surface area contributed by atoms with Crippen molar-refractivity contribution in [3.05, 3.63) is 125 Å². The molecule has 0 aliphatic carbocycles. The second kappa shape index (κ2) is 11.7. The van der Waals surface area contributed by atoms with Crippen molar-refractivity contribution >= 4 is 30.2 Å². The highest BCUT2D eigenvalue weighted by molar-refractivity contribution is 7.72. The Morgan fingerprint density at radius 1 is 0.611 bits per heavy atom. The van der Waals surface area contributed by atoms with Crippen LogP contribution in [0.3, 0.4) is 0 Å². The smallest absolute Gasteiger partial charge is 0.137 e. The lowest BCUT2D eigenvalue weighted by Crippen LogP contribution is -2.31. The van der Waals surface area contributed by atoms with E-state index in [-0.39, 0.29) is 0 Å². The molecule has 0 atom stereocenters. The first kappa shape index (κ1) is 25.9. The lowest BCUT2D eigenvalue weighted by Gasteiger charge is -2.26. The molecule has 0 spiro atoms. The summed E-state index contributed by atoms with van der Waals surface area (Å²) in [6, 6.07) is 34.6. The first-order chi connectivity index (χ1) is 17.4. The van der Waals surface area contributed by atoms with Crippen molar-refractivity contribution in [2.45, 2.75) is 53.4 Å². The van der Waals surface area contributed by atoms with Crippen molar-refractivity contribution in [3.63, 3.8) is 0 Å². The number of para-hydroxylation sites is 1. The number of amidine groups is 1. The monoisotopic (exact) mass is 492 g/mol. The van der Waals surface area contributed by atoms with E-state index in [1.165, 1.54) is 32.9 Å². The van der Waals surface area contributed by atoms with E-state index in [0.29, 0.717) is 11.8 Å². The molecule has 0 saturated carbocycles. The maximum absolute atomic E-state index is 5.44. The van der Waals surface area contributed by atoms with E-state index in [1.807, 2.05) is 0 Å². The Morgan fingerprint density at radius 3 is 1.56 bits per heavy atom. The molecule has 4 aromatic carbocycles. The van der Waals surface area contributed by atoms with Crippen molar-refractivity contribution < 1.29 is 0 Å². The van der Waals surface area contributed by atoms with Gasteiger partial charge in [-0.25, -0.2) is 4.99 Å². The minimum atomic E-state index is -0.882. The van der Waals surface area contributed by atoms with E-state index >= 15 is 0 Å². The zero-order valence-corrected chi connectivity index (χ0v) is 23.2. The van der Waals surface area contributed by atoms with Gasteiger partial charge in [-0.3, -0.25) is 0 Å². The highest BCUT2D eigenvalue weighted by Crippen LogP contribution is 2.37. The van der Waals surface area contributed by atoms with Crippen LogP contribution < -0.4 is 15.7 Å². The summed E-state index contributed by atoms with van der Waals surface area (Å²) in [4.78, 5) is 5.44. The van der Waals surface area contributed by atoms with Gasteiger partial charge in [0, 0.05) is 16.2 Å². The summed E-state index contributed by atoms with van der Waals surface area (Å²) in [7, 11) is -0.882. The Morgan fingerprint density at radius 2 is 1.08 bits per heavy atom. The normalized spacial score (nSPS) is 12.0. The van der Waals surface area contributed by atoms with E-state index < -0.39 is 8.07 Å². The number of benzene rings is 4. The van der Waals surface area contributed by atoms with Gasteiger partial charge in [-0.05, 0) is 47.9 Å². The van der Waals surface area contributed by atoms with Gasteiger partial charge in [0.15, 0.2) is 0 Å². The Bertz CT molecular complexity index is 1270. The van der Waals surface area contributed by atoms with Crippen molar-refractivity contribution in [2.24, 2.45) is 4.99 Å². The van der Waals surface area contributed by atoms with E-state index in [4.69, 9.17) is 4.99 Å². The Hall–Kier alpha value is -3.22. The molecule has 0 unspecified atom stereocenters. The fourth-order valence-corrected chi connectivity index (χ4v) is 6.70. The lowest BCUT2D eigenvalue weighted by atomic mass is 9.93. The predicted molar refractivity (Wildman–Crippen MR) is 159 cm³/mol. The molecule has 4 aromatic rings. The van der Waals surface area contributed by atoms with Crippen LogP contribution in [0.25, 0.3) is 0 Å². The molecule has 2 nitrogen and oxygen atoms in total. The van der Waals surface area contributed by atoms with Crippen molar-refractivity contribution in [3.8, 4) is 0 Å². The van der Waals surface area contributed by atoms with E-state index in [2.05, 4.69) is 144 Å². The third-order valence-electron chi connectivity index (χ3n) is 6.54. The first-order valence-corrected chi connectivity index (χ1v) is 14.2. The fourth-order valence-electron chi connectivity index (χ4n) is 4.49. The van der Waals surface area contributed by atoms with E-state index in [0.717, 1.165) is 17.1 Å². The quantitative estimate of drug-likeness (QED) is 0.157. The molecule has 184 valence electrons.